The maximum atomic E-state index is 15.5. The zero-order valence-electron chi connectivity index (χ0n) is 17.6. The predicted molar refractivity (Wildman–Crippen MR) is 112 cm³/mol. The number of nitrogens with one attached hydrogen (secondary N) is 1. The lowest BCUT2D eigenvalue weighted by molar-refractivity contribution is -0.138. The minimum absolute atomic E-state index is 0.0608. The number of aromatic nitrogens is 4. The van der Waals surface area contributed by atoms with Crippen LogP contribution >= 0.6 is 0 Å². The normalized spacial score (nSPS) is 13.2. The molecule has 4 aromatic rings. The maximum absolute atomic E-state index is 15.5. The van der Waals surface area contributed by atoms with Gasteiger partial charge in [0.05, 0.1) is 30.3 Å². The fraction of sp³-hybridized carbons (Fsp3) is 0.318. The van der Waals surface area contributed by atoms with E-state index in [9.17, 15) is 18.7 Å². The van der Waals surface area contributed by atoms with Crippen molar-refractivity contribution in [2.45, 2.75) is 31.9 Å². The van der Waals surface area contributed by atoms with Crippen LogP contribution in [0.3, 0.4) is 0 Å². The van der Waals surface area contributed by atoms with Gasteiger partial charge in [-0.15, -0.1) is 0 Å². The molecule has 32 heavy (non-hydrogen) atoms. The number of hydrogen-bond donors (Lipinski definition) is 2. The molecule has 0 aliphatic rings. The highest BCUT2D eigenvalue weighted by molar-refractivity contribution is 5.94. The first-order valence-electron chi connectivity index (χ1n) is 9.83. The molecule has 0 saturated carbocycles. The van der Waals surface area contributed by atoms with Gasteiger partial charge in [0.2, 0.25) is 0 Å². The SMILES string of the molecule is COCC(C)(C)c1c([C@@H](F)CC(=O)O)c2nc3[nH]ncc3cc2n1-c1ccc(F)c(F)c1. The maximum Gasteiger partial charge on any atom is 0.306 e. The predicted octanol–water partition coefficient (Wildman–Crippen LogP) is 4.59. The Bertz CT molecular complexity index is 1330. The average Bonchev–Trinajstić information content (AvgIpc) is 3.29. The number of aliphatic carboxylic acids is 1. The molecule has 1 aromatic carbocycles. The number of pyridine rings is 1. The summed E-state index contributed by atoms with van der Waals surface area (Å²) in [6.07, 6.45) is -1.15. The van der Waals surface area contributed by atoms with Crippen molar-refractivity contribution in [2.75, 3.05) is 13.7 Å². The molecule has 0 fully saturated rings. The number of H-pyrrole nitrogens is 1. The second-order valence-corrected chi connectivity index (χ2v) is 8.24. The molecular weight excluding hydrogens is 425 g/mol. The fourth-order valence-corrected chi connectivity index (χ4v) is 4.13. The Balaban J connectivity index is 2.17. The van der Waals surface area contributed by atoms with Gasteiger partial charge in [0.1, 0.15) is 6.17 Å². The van der Waals surface area contributed by atoms with Gasteiger partial charge in [0.25, 0.3) is 0 Å². The summed E-state index contributed by atoms with van der Waals surface area (Å²) in [5.41, 5.74) is 0.829. The van der Waals surface area contributed by atoms with Crippen molar-refractivity contribution in [1.29, 1.82) is 0 Å². The van der Waals surface area contributed by atoms with Crippen molar-refractivity contribution < 1.29 is 27.8 Å². The van der Waals surface area contributed by atoms with Gasteiger partial charge in [-0.05, 0) is 18.2 Å². The first kappa shape index (κ1) is 21.8. The Morgan fingerprint density at radius 1 is 1.28 bits per heavy atom. The van der Waals surface area contributed by atoms with Gasteiger partial charge in [-0.25, -0.2) is 18.2 Å². The Kier molecular flexibility index (Phi) is 5.41. The smallest absolute Gasteiger partial charge is 0.306 e. The molecule has 2 N–H and O–H groups in total. The van der Waals surface area contributed by atoms with Crippen LogP contribution in [0.4, 0.5) is 13.2 Å². The molecule has 0 amide bonds. The molecule has 1 atom stereocenters. The third kappa shape index (κ3) is 3.60. The number of ether oxygens (including phenoxy) is 1. The van der Waals surface area contributed by atoms with Crippen LogP contribution in [0.25, 0.3) is 27.8 Å². The van der Waals surface area contributed by atoms with Crippen LogP contribution < -0.4 is 0 Å². The molecule has 0 unspecified atom stereocenters. The van der Waals surface area contributed by atoms with Crippen LogP contribution in [-0.4, -0.2) is 44.5 Å². The van der Waals surface area contributed by atoms with E-state index in [0.717, 1.165) is 12.1 Å². The molecule has 0 bridgehead atoms. The topological polar surface area (TPSA) is 93.0 Å². The fourth-order valence-electron chi connectivity index (χ4n) is 4.13. The van der Waals surface area contributed by atoms with Gasteiger partial charge in [0, 0.05) is 40.9 Å². The van der Waals surface area contributed by atoms with Gasteiger partial charge in [0.15, 0.2) is 17.3 Å². The van der Waals surface area contributed by atoms with E-state index >= 15 is 4.39 Å². The minimum Gasteiger partial charge on any atom is -0.481 e. The van der Waals surface area contributed by atoms with Crippen LogP contribution in [0.5, 0.6) is 0 Å². The molecule has 0 saturated heterocycles. The zero-order chi connectivity index (χ0) is 23.2. The number of carboxylic acids is 1. The van der Waals surface area contributed by atoms with Crippen molar-refractivity contribution in [1.82, 2.24) is 19.7 Å². The van der Waals surface area contributed by atoms with Gasteiger partial charge < -0.3 is 14.4 Å². The Morgan fingerprint density at radius 2 is 2.03 bits per heavy atom. The molecule has 168 valence electrons. The number of nitrogens with zero attached hydrogens (tertiary/aromatic N) is 3. The summed E-state index contributed by atoms with van der Waals surface area (Å²) in [6, 6.07) is 5.07. The third-order valence-corrected chi connectivity index (χ3v) is 5.36. The lowest BCUT2D eigenvalue weighted by atomic mass is 9.85. The molecule has 7 nitrogen and oxygen atoms in total. The Morgan fingerprint density at radius 3 is 2.69 bits per heavy atom. The number of aromatic amines is 1. The number of fused-ring (bicyclic) bond motifs is 2. The second-order valence-electron chi connectivity index (χ2n) is 8.24. The van der Waals surface area contributed by atoms with E-state index in [0.29, 0.717) is 22.2 Å². The van der Waals surface area contributed by atoms with Crippen LogP contribution in [0.2, 0.25) is 0 Å². The number of halogens is 3. The standard InChI is InChI=1S/C22H21F3N4O3/c1-22(2,10-32-3)20-18(15(25)8-17(30)31)19-16(6-11-9-26-28-21(11)27-19)29(20)12-4-5-13(23)14(24)7-12/h4-7,9,15H,8,10H2,1-3H3,(H,30,31)(H,26,27,28)/t15-/m0/s1. The number of alkyl halides is 1. The van der Waals surface area contributed by atoms with Gasteiger partial charge in [-0.3, -0.25) is 9.89 Å². The summed E-state index contributed by atoms with van der Waals surface area (Å²) in [5, 5.41) is 16.5. The molecule has 3 aromatic heterocycles. The van der Waals surface area contributed by atoms with Crippen LogP contribution in [0, 0.1) is 11.6 Å². The van der Waals surface area contributed by atoms with Crippen molar-refractivity contribution in [3.63, 3.8) is 0 Å². The van der Waals surface area contributed by atoms with E-state index < -0.39 is 35.6 Å². The summed E-state index contributed by atoms with van der Waals surface area (Å²) < 4.78 is 50.3. The summed E-state index contributed by atoms with van der Waals surface area (Å²) >= 11 is 0. The van der Waals surface area contributed by atoms with Crippen LogP contribution in [-0.2, 0) is 14.9 Å². The summed E-state index contributed by atoms with van der Waals surface area (Å²) in [5.74, 6) is -3.40. The van der Waals surface area contributed by atoms with E-state index in [-0.39, 0.29) is 23.4 Å². The lowest BCUT2D eigenvalue weighted by Crippen LogP contribution is -2.28. The van der Waals surface area contributed by atoms with E-state index in [1.807, 2.05) is 0 Å². The molecule has 0 aliphatic heterocycles. The van der Waals surface area contributed by atoms with Crippen LogP contribution in [0.15, 0.2) is 30.5 Å². The van der Waals surface area contributed by atoms with E-state index in [4.69, 9.17) is 4.74 Å². The number of benzene rings is 1. The van der Waals surface area contributed by atoms with E-state index in [2.05, 4.69) is 15.2 Å². The first-order chi connectivity index (χ1) is 15.1. The van der Waals surface area contributed by atoms with Crippen molar-refractivity contribution in [3.05, 3.63) is 53.4 Å². The molecule has 0 spiro atoms. The van der Waals surface area contributed by atoms with Crippen molar-refractivity contribution in [2.24, 2.45) is 0 Å². The van der Waals surface area contributed by atoms with Gasteiger partial charge in [-0.2, -0.15) is 5.10 Å². The molecule has 4 rings (SSSR count). The molecule has 0 radical (unpaired) electrons. The highest BCUT2D eigenvalue weighted by Gasteiger charge is 2.36. The summed E-state index contributed by atoms with van der Waals surface area (Å²) in [6.45, 7) is 3.75. The molecular formula is C22H21F3N4O3. The largest absolute Gasteiger partial charge is 0.481 e. The minimum atomic E-state index is -1.90. The van der Waals surface area contributed by atoms with E-state index in [1.54, 1.807) is 24.5 Å². The second kappa shape index (κ2) is 7.94. The van der Waals surface area contributed by atoms with Crippen molar-refractivity contribution >= 4 is 28.0 Å². The Hall–Kier alpha value is -3.40. The molecule has 0 aliphatic carbocycles. The summed E-state index contributed by atoms with van der Waals surface area (Å²) in [7, 11) is 1.49. The number of rotatable bonds is 7. The first-order valence-corrected chi connectivity index (χ1v) is 9.83. The molecule has 10 heteroatoms. The highest BCUT2D eigenvalue weighted by Crippen LogP contribution is 2.42. The summed E-state index contributed by atoms with van der Waals surface area (Å²) in [4.78, 5) is 15.8. The lowest BCUT2D eigenvalue weighted by Gasteiger charge is -2.28. The monoisotopic (exact) mass is 446 g/mol. The zero-order valence-corrected chi connectivity index (χ0v) is 17.6. The van der Waals surface area contributed by atoms with Gasteiger partial charge in [-0.1, -0.05) is 13.8 Å². The number of hydrogen-bond acceptors (Lipinski definition) is 4. The number of carbonyl (C=O) groups is 1. The third-order valence-electron chi connectivity index (χ3n) is 5.36. The molecule has 3 heterocycles. The van der Waals surface area contributed by atoms with Gasteiger partial charge >= 0.3 is 5.97 Å². The number of carboxylic acid groups (broad SMARTS) is 1. The van der Waals surface area contributed by atoms with Crippen LogP contribution in [0.1, 0.15) is 37.7 Å². The highest BCUT2D eigenvalue weighted by atomic mass is 19.2. The average molecular weight is 446 g/mol. The van der Waals surface area contributed by atoms with E-state index in [1.165, 1.54) is 19.4 Å². The number of methoxy groups -OCH3 is 1. The van der Waals surface area contributed by atoms with Crippen molar-refractivity contribution in [3.8, 4) is 5.69 Å². The Labute approximate surface area is 180 Å². The quantitative estimate of drug-likeness (QED) is 0.433.